The van der Waals surface area contributed by atoms with Gasteiger partial charge in [-0.15, -0.1) is 0 Å². The summed E-state index contributed by atoms with van der Waals surface area (Å²) >= 11 is 0. The first-order valence-electron chi connectivity index (χ1n) is 9.95. The summed E-state index contributed by atoms with van der Waals surface area (Å²) in [7, 11) is 0. The number of nitrogens with one attached hydrogen (secondary N) is 1. The lowest BCUT2D eigenvalue weighted by molar-refractivity contribution is -0.154. The van der Waals surface area contributed by atoms with E-state index in [4.69, 9.17) is 5.11 Å². The second-order valence-electron chi connectivity index (χ2n) is 7.67. The molecule has 2 N–H and O–H groups in total. The molecule has 1 aromatic heterocycles. The molecule has 0 radical (unpaired) electrons. The highest BCUT2D eigenvalue weighted by Gasteiger charge is 2.48. The van der Waals surface area contributed by atoms with E-state index in [0.29, 0.717) is 16.7 Å². The van der Waals surface area contributed by atoms with Crippen LogP contribution in [0, 0.1) is 0 Å². The Hall–Kier alpha value is -3.83. The van der Waals surface area contributed by atoms with E-state index >= 15 is 0 Å². The number of hydrogen-bond acceptors (Lipinski definition) is 5. The molecule has 2 aliphatic rings. The second-order valence-corrected chi connectivity index (χ2v) is 7.67. The molecular weight excluding hydrogens is 445 g/mol. The van der Waals surface area contributed by atoms with Crippen LogP contribution in [0.1, 0.15) is 27.5 Å². The van der Waals surface area contributed by atoms with Crippen molar-refractivity contribution in [1.29, 1.82) is 0 Å². The van der Waals surface area contributed by atoms with Gasteiger partial charge in [0, 0.05) is 37.5 Å². The van der Waals surface area contributed by atoms with Crippen molar-refractivity contribution in [1.82, 2.24) is 20.1 Å². The first-order valence-corrected chi connectivity index (χ1v) is 9.95. The lowest BCUT2D eigenvalue weighted by Crippen LogP contribution is -2.62. The molecule has 3 heterocycles. The SMILES string of the molecule is O=C(NCc1ccc(OCC(F)(F)F)nc1)C1c2ccccc2C(=O)N1C1CN(C(=O)O)C1. The average Bonchev–Trinajstić information content (AvgIpc) is 3.02. The number of halogens is 3. The molecule has 0 saturated carbocycles. The molecule has 1 aromatic carbocycles. The molecule has 1 fully saturated rings. The zero-order valence-electron chi connectivity index (χ0n) is 17.1. The van der Waals surface area contributed by atoms with E-state index in [2.05, 4.69) is 15.0 Å². The number of ether oxygens (including phenoxy) is 1. The molecule has 2 aromatic rings. The van der Waals surface area contributed by atoms with E-state index in [-0.39, 0.29) is 31.4 Å². The Morgan fingerprint density at radius 3 is 2.55 bits per heavy atom. The van der Waals surface area contributed by atoms with Gasteiger partial charge < -0.3 is 25.0 Å². The Labute approximate surface area is 185 Å². The van der Waals surface area contributed by atoms with Crippen molar-refractivity contribution in [3.8, 4) is 5.88 Å². The summed E-state index contributed by atoms with van der Waals surface area (Å²) in [6.45, 7) is -1.20. The molecule has 0 bridgehead atoms. The number of nitrogens with zero attached hydrogens (tertiary/aromatic N) is 3. The Kier molecular flexibility index (Phi) is 5.83. The van der Waals surface area contributed by atoms with Gasteiger partial charge in [-0.25, -0.2) is 9.78 Å². The smallest absolute Gasteiger partial charge is 0.422 e. The van der Waals surface area contributed by atoms with Crippen LogP contribution in [-0.4, -0.2) is 69.7 Å². The Balaban J connectivity index is 1.43. The number of carbonyl (C=O) groups is 3. The van der Waals surface area contributed by atoms with Gasteiger partial charge in [0.2, 0.25) is 11.8 Å². The summed E-state index contributed by atoms with van der Waals surface area (Å²) in [5, 5.41) is 11.8. The van der Waals surface area contributed by atoms with E-state index in [1.54, 1.807) is 24.3 Å². The lowest BCUT2D eigenvalue weighted by Gasteiger charge is -2.44. The maximum atomic E-state index is 13.1. The molecule has 1 atom stereocenters. The molecule has 0 aliphatic carbocycles. The first kappa shape index (κ1) is 22.4. The number of likely N-dealkylation sites (tertiary alicyclic amines) is 1. The predicted molar refractivity (Wildman–Crippen MR) is 106 cm³/mol. The topological polar surface area (TPSA) is 112 Å². The summed E-state index contributed by atoms with van der Waals surface area (Å²) in [6.07, 6.45) is -4.28. The highest BCUT2D eigenvalue weighted by Crippen LogP contribution is 2.37. The van der Waals surface area contributed by atoms with Gasteiger partial charge in [0.15, 0.2) is 6.61 Å². The van der Waals surface area contributed by atoms with Crippen LogP contribution in [0.15, 0.2) is 42.6 Å². The van der Waals surface area contributed by atoms with E-state index in [1.807, 2.05) is 0 Å². The van der Waals surface area contributed by atoms with Crippen LogP contribution in [0.25, 0.3) is 0 Å². The Bertz CT molecular complexity index is 1070. The standard InChI is InChI=1S/C21H19F3N4O5/c22-21(23,24)11-33-16-6-5-12(7-25-16)8-26-18(29)17-14-3-1-2-4-15(14)19(30)28(17)13-9-27(10-13)20(31)32/h1-7,13,17H,8-11H2,(H,26,29)(H,31,32). The molecule has 4 rings (SSSR count). The minimum absolute atomic E-state index is 0.0258. The summed E-state index contributed by atoms with van der Waals surface area (Å²) < 4.78 is 41.2. The number of carbonyl (C=O) groups excluding carboxylic acids is 2. The maximum Gasteiger partial charge on any atom is 0.422 e. The predicted octanol–water partition coefficient (Wildman–Crippen LogP) is 2.20. The minimum Gasteiger partial charge on any atom is -0.468 e. The Morgan fingerprint density at radius 2 is 1.91 bits per heavy atom. The van der Waals surface area contributed by atoms with Crippen molar-refractivity contribution in [2.24, 2.45) is 0 Å². The van der Waals surface area contributed by atoms with Gasteiger partial charge >= 0.3 is 12.3 Å². The fourth-order valence-corrected chi connectivity index (χ4v) is 3.81. The molecule has 1 unspecified atom stereocenters. The van der Waals surface area contributed by atoms with Gasteiger partial charge in [-0.2, -0.15) is 13.2 Å². The van der Waals surface area contributed by atoms with Crippen molar-refractivity contribution in [3.05, 3.63) is 59.3 Å². The molecule has 9 nitrogen and oxygen atoms in total. The molecule has 3 amide bonds. The number of benzene rings is 1. The van der Waals surface area contributed by atoms with Crippen molar-refractivity contribution in [2.75, 3.05) is 19.7 Å². The first-order chi connectivity index (χ1) is 15.6. The zero-order chi connectivity index (χ0) is 23.8. The second kappa shape index (κ2) is 8.60. The van der Waals surface area contributed by atoms with Gasteiger partial charge in [0.25, 0.3) is 5.91 Å². The van der Waals surface area contributed by atoms with E-state index in [0.717, 1.165) is 4.90 Å². The van der Waals surface area contributed by atoms with Gasteiger partial charge in [-0.05, 0) is 17.2 Å². The number of fused-ring (bicyclic) bond motifs is 1. The molecule has 174 valence electrons. The summed E-state index contributed by atoms with van der Waals surface area (Å²) in [6, 6.07) is 8.09. The number of carboxylic acid groups (broad SMARTS) is 1. The van der Waals surface area contributed by atoms with Gasteiger partial charge in [0.05, 0.1) is 6.04 Å². The number of amides is 3. The quantitative estimate of drug-likeness (QED) is 0.678. The maximum absolute atomic E-state index is 13.1. The number of alkyl halides is 3. The highest BCUT2D eigenvalue weighted by molar-refractivity contribution is 6.05. The van der Waals surface area contributed by atoms with E-state index < -0.39 is 36.9 Å². The third-order valence-electron chi connectivity index (χ3n) is 5.42. The third kappa shape index (κ3) is 4.69. The minimum atomic E-state index is -4.48. The third-order valence-corrected chi connectivity index (χ3v) is 5.42. The highest BCUT2D eigenvalue weighted by atomic mass is 19.4. The fraction of sp³-hybridized carbons (Fsp3) is 0.333. The molecule has 12 heteroatoms. The molecule has 1 saturated heterocycles. The number of pyridine rings is 1. The fourth-order valence-electron chi connectivity index (χ4n) is 3.81. The number of aromatic nitrogens is 1. The molecule has 2 aliphatic heterocycles. The van der Waals surface area contributed by atoms with Crippen molar-refractivity contribution >= 4 is 17.9 Å². The van der Waals surface area contributed by atoms with E-state index in [9.17, 15) is 27.6 Å². The monoisotopic (exact) mass is 464 g/mol. The van der Waals surface area contributed by atoms with Crippen molar-refractivity contribution < 1.29 is 37.4 Å². The zero-order valence-corrected chi connectivity index (χ0v) is 17.1. The van der Waals surface area contributed by atoms with Gasteiger partial charge in [-0.1, -0.05) is 24.3 Å². The summed E-state index contributed by atoms with van der Waals surface area (Å²) in [5.74, 6) is -0.995. The van der Waals surface area contributed by atoms with E-state index in [1.165, 1.54) is 23.2 Å². The average molecular weight is 464 g/mol. The van der Waals surface area contributed by atoms with Crippen LogP contribution in [0.4, 0.5) is 18.0 Å². The van der Waals surface area contributed by atoms with Crippen LogP contribution in [-0.2, 0) is 11.3 Å². The van der Waals surface area contributed by atoms with Crippen LogP contribution >= 0.6 is 0 Å². The van der Waals surface area contributed by atoms with Crippen LogP contribution < -0.4 is 10.1 Å². The number of rotatable bonds is 6. The van der Waals surface area contributed by atoms with Gasteiger partial charge in [-0.3, -0.25) is 9.59 Å². The molecular formula is C21H19F3N4O5. The van der Waals surface area contributed by atoms with Crippen LogP contribution in [0.5, 0.6) is 5.88 Å². The molecule has 0 spiro atoms. The van der Waals surface area contributed by atoms with Crippen molar-refractivity contribution in [2.45, 2.75) is 24.8 Å². The summed E-state index contributed by atoms with van der Waals surface area (Å²) in [4.78, 5) is 43.5. The summed E-state index contributed by atoms with van der Waals surface area (Å²) in [5.41, 5.74) is 1.44. The molecule has 33 heavy (non-hydrogen) atoms. The van der Waals surface area contributed by atoms with Crippen LogP contribution in [0.3, 0.4) is 0 Å². The Morgan fingerprint density at radius 1 is 1.18 bits per heavy atom. The van der Waals surface area contributed by atoms with Crippen LogP contribution in [0.2, 0.25) is 0 Å². The number of hydrogen-bond donors (Lipinski definition) is 2. The largest absolute Gasteiger partial charge is 0.468 e. The lowest BCUT2D eigenvalue weighted by atomic mass is 10.0. The normalized spacial score (nSPS) is 18.0. The van der Waals surface area contributed by atoms with Gasteiger partial charge in [0.1, 0.15) is 6.04 Å². The van der Waals surface area contributed by atoms with Crippen molar-refractivity contribution in [3.63, 3.8) is 0 Å².